The SMILES string of the molecule is COc1ccc2nc(NC(=O)c3ccc(-c4ccccc4I)cc3)sc2c1.[O-][Cl+3]([O-])([O-])O. The Kier molecular flexibility index (Phi) is 8.00. The summed E-state index contributed by atoms with van der Waals surface area (Å²) in [6.45, 7) is 0. The maximum absolute atomic E-state index is 12.6. The van der Waals surface area contributed by atoms with Crippen LogP contribution < -0.4 is 24.0 Å². The Balaban J connectivity index is 0.000000523. The summed E-state index contributed by atoms with van der Waals surface area (Å²) in [6.07, 6.45) is 0. The van der Waals surface area contributed by atoms with Crippen LogP contribution in [0.4, 0.5) is 5.13 Å². The number of carbonyl (C=O) groups excluding carboxylic acids is 1. The number of thiazole rings is 1. The van der Waals surface area contributed by atoms with Crippen molar-refractivity contribution in [3.63, 3.8) is 0 Å². The van der Waals surface area contributed by atoms with Crippen molar-refractivity contribution >= 4 is 55.2 Å². The lowest BCUT2D eigenvalue weighted by molar-refractivity contribution is -1.92. The van der Waals surface area contributed by atoms with Gasteiger partial charge in [0.05, 0.1) is 32.2 Å². The van der Waals surface area contributed by atoms with Crippen molar-refractivity contribution in [1.82, 2.24) is 4.98 Å². The van der Waals surface area contributed by atoms with Gasteiger partial charge in [0.25, 0.3) is 5.91 Å². The van der Waals surface area contributed by atoms with Gasteiger partial charge in [-0.15, -0.1) is 0 Å². The largest absolute Gasteiger partial charge is 0.497 e. The molecule has 0 spiro atoms. The van der Waals surface area contributed by atoms with E-state index < -0.39 is 10.2 Å². The summed E-state index contributed by atoms with van der Waals surface area (Å²) < 4.78 is 40.1. The van der Waals surface area contributed by atoms with Crippen LogP contribution in [0.2, 0.25) is 0 Å². The van der Waals surface area contributed by atoms with Crippen molar-refractivity contribution in [3.8, 4) is 16.9 Å². The summed E-state index contributed by atoms with van der Waals surface area (Å²) in [6, 6.07) is 21.4. The van der Waals surface area contributed by atoms with Crippen LogP contribution >= 0.6 is 33.9 Å². The number of hydrogen-bond donors (Lipinski definition) is 2. The van der Waals surface area contributed by atoms with Gasteiger partial charge in [-0.25, -0.2) is 4.98 Å². The summed E-state index contributed by atoms with van der Waals surface area (Å²) in [5, 5.41) is 3.46. The lowest BCUT2D eigenvalue weighted by atomic mass is 10.0. The summed E-state index contributed by atoms with van der Waals surface area (Å²) in [4.78, 5) is 17.0. The average molecular weight is 587 g/mol. The third kappa shape index (κ3) is 6.84. The highest BCUT2D eigenvalue weighted by Gasteiger charge is 2.11. The lowest BCUT2D eigenvalue weighted by Gasteiger charge is -2.06. The number of nitrogens with one attached hydrogen (secondary N) is 1. The molecule has 0 aliphatic rings. The molecule has 1 aromatic heterocycles. The molecule has 8 nitrogen and oxygen atoms in total. The Bertz CT molecular complexity index is 1220. The summed E-state index contributed by atoms with van der Waals surface area (Å²) in [7, 11) is -3.06. The van der Waals surface area contributed by atoms with Gasteiger partial charge in [-0.05, 0) is 70.1 Å². The third-order valence-electron chi connectivity index (χ3n) is 4.15. The number of hydrogen-bond acceptors (Lipinski definition) is 8. The molecular weight excluding hydrogens is 571 g/mol. The first-order chi connectivity index (χ1) is 15.1. The minimum Gasteiger partial charge on any atom is -0.497 e. The molecule has 0 fully saturated rings. The fourth-order valence-corrected chi connectivity index (χ4v) is 4.34. The molecule has 3 aromatic carbocycles. The number of carbonyl (C=O) groups is 1. The van der Waals surface area contributed by atoms with Gasteiger partial charge in [0.2, 0.25) is 0 Å². The molecule has 0 atom stereocenters. The number of benzene rings is 3. The minimum absolute atomic E-state index is 0.171. The highest BCUT2D eigenvalue weighted by atomic mass is 127. The van der Waals surface area contributed by atoms with E-state index in [9.17, 15) is 4.79 Å². The van der Waals surface area contributed by atoms with E-state index in [2.05, 4.69) is 45.0 Å². The van der Waals surface area contributed by atoms with E-state index in [0.717, 1.165) is 27.1 Å². The quantitative estimate of drug-likeness (QED) is 0.347. The molecule has 166 valence electrons. The smallest absolute Gasteiger partial charge is 0.257 e. The van der Waals surface area contributed by atoms with E-state index in [0.29, 0.717) is 10.7 Å². The Morgan fingerprint density at radius 2 is 1.75 bits per heavy atom. The predicted octanol–water partition coefficient (Wildman–Crippen LogP) is 1.70. The second kappa shape index (κ2) is 10.5. The zero-order valence-electron chi connectivity index (χ0n) is 16.5. The van der Waals surface area contributed by atoms with Gasteiger partial charge in [0.15, 0.2) is 5.13 Å². The average Bonchev–Trinajstić information content (AvgIpc) is 3.14. The molecular formula is C21H16ClIN2O6S. The minimum atomic E-state index is -4.69. The number of halogens is 2. The highest BCUT2D eigenvalue weighted by molar-refractivity contribution is 14.1. The number of anilines is 1. The van der Waals surface area contributed by atoms with E-state index >= 15 is 0 Å². The molecule has 0 aliphatic heterocycles. The summed E-state index contributed by atoms with van der Waals surface area (Å²) in [5.74, 6) is 0.602. The Morgan fingerprint density at radius 1 is 1.09 bits per heavy atom. The number of methoxy groups -OCH3 is 1. The molecule has 0 saturated heterocycles. The van der Waals surface area contributed by atoms with Gasteiger partial charge in [0, 0.05) is 9.13 Å². The second-order valence-electron chi connectivity index (χ2n) is 6.26. The maximum Gasteiger partial charge on any atom is 0.257 e. The van der Waals surface area contributed by atoms with E-state index in [1.807, 2.05) is 54.6 Å². The highest BCUT2D eigenvalue weighted by Crippen LogP contribution is 2.30. The normalized spacial score (nSPS) is 10.9. The number of amides is 1. The van der Waals surface area contributed by atoms with Crippen LogP contribution in [-0.4, -0.2) is 22.7 Å². The molecule has 4 rings (SSSR count). The summed E-state index contributed by atoms with van der Waals surface area (Å²) >= 11 is 3.75. The molecule has 4 aromatic rings. The van der Waals surface area contributed by atoms with Gasteiger partial charge in [0.1, 0.15) is 5.75 Å². The molecule has 0 radical (unpaired) electrons. The molecule has 0 bridgehead atoms. The number of ether oxygens (including phenoxy) is 1. The topological polar surface area (TPSA) is 141 Å². The van der Waals surface area contributed by atoms with Gasteiger partial charge in [-0.1, -0.05) is 41.7 Å². The van der Waals surface area contributed by atoms with Crippen molar-refractivity contribution < 1.29 is 38.4 Å². The monoisotopic (exact) mass is 586 g/mol. The van der Waals surface area contributed by atoms with Crippen LogP contribution in [0.5, 0.6) is 5.75 Å². The maximum atomic E-state index is 12.6. The molecule has 32 heavy (non-hydrogen) atoms. The van der Waals surface area contributed by atoms with Crippen molar-refractivity contribution in [1.29, 1.82) is 0 Å². The molecule has 1 heterocycles. The number of aromatic nitrogens is 1. The van der Waals surface area contributed by atoms with Gasteiger partial charge in [-0.2, -0.15) is 14.0 Å². The van der Waals surface area contributed by atoms with Crippen molar-refractivity contribution in [2.45, 2.75) is 0 Å². The zero-order chi connectivity index (χ0) is 23.3. The fraction of sp³-hybridized carbons (Fsp3) is 0.0476. The lowest BCUT2D eigenvalue weighted by Crippen LogP contribution is -2.58. The van der Waals surface area contributed by atoms with Gasteiger partial charge in [-0.3, -0.25) is 10.1 Å². The Morgan fingerprint density at radius 3 is 2.38 bits per heavy atom. The molecule has 0 unspecified atom stereocenters. The molecule has 1 amide bonds. The molecule has 11 heteroatoms. The van der Waals surface area contributed by atoms with E-state index in [-0.39, 0.29) is 5.91 Å². The van der Waals surface area contributed by atoms with Crippen LogP contribution in [0.25, 0.3) is 21.3 Å². The van der Waals surface area contributed by atoms with Crippen molar-refractivity contribution in [3.05, 3.63) is 75.9 Å². The van der Waals surface area contributed by atoms with Crippen LogP contribution in [-0.2, 0) is 0 Å². The third-order valence-corrected chi connectivity index (χ3v) is 6.02. The fourth-order valence-electron chi connectivity index (χ4n) is 2.75. The van der Waals surface area contributed by atoms with Crippen LogP contribution in [0.1, 0.15) is 10.4 Å². The van der Waals surface area contributed by atoms with E-state index in [4.69, 9.17) is 23.4 Å². The van der Waals surface area contributed by atoms with Gasteiger partial charge < -0.3 is 4.74 Å². The predicted molar refractivity (Wildman–Crippen MR) is 121 cm³/mol. The molecule has 0 saturated carbocycles. The van der Waals surface area contributed by atoms with Gasteiger partial charge >= 0.3 is 0 Å². The number of rotatable bonds is 4. The van der Waals surface area contributed by atoms with Crippen LogP contribution in [0, 0.1) is 13.8 Å². The zero-order valence-corrected chi connectivity index (χ0v) is 20.2. The summed E-state index contributed by atoms with van der Waals surface area (Å²) in [5.41, 5.74) is 3.68. The van der Waals surface area contributed by atoms with Crippen molar-refractivity contribution in [2.24, 2.45) is 0 Å². The van der Waals surface area contributed by atoms with E-state index in [1.54, 1.807) is 7.11 Å². The number of fused-ring (bicyclic) bond motifs is 1. The molecule has 2 N–H and O–H groups in total. The first kappa shape index (κ1) is 24.3. The molecule has 0 aliphatic carbocycles. The van der Waals surface area contributed by atoms with Crippen LogP contribution in [0.3, 0.4) is 0 Å². The van der Waals surface area contributed by atoms with Crippen molar-refractivity contribution in [2.75, 3.05) is 12.4 Å². The number of nitrogens with zero attached hydrogens (tertiary/aromatic N) is 1. The standard InChI is InChI=1S/C21H15IN2O2S.ClHO4/c1-26-15-10-11-18-19(12-15)27-21(23-18)24-20(25)14-8-6-13(7-9-14)16-4-2-3-5-17(16)22;2-1(3,4)5/h2-12H,1H3,(H,23,24,25);(H,2,3,4,5). The van der Waals surface area contributed by atoms with Crippen LogP contribution in [0.15, 0.2) is 66.7 Å². The van der Waals surface area contributed by atoms with E-state index in [1.165, 1.54) is 14.9 Å². The Hall–Kier alpha value is -2.32. The Labute approximate surface area is 203 Å². The first-order valence-electron chi connectivity index (χ1n) is 8.88. The first-order valence-corrected chi connectivity index (χ1v) is 12.0. The second-order valence-corrected chi connectivity index (χ2v) is 9.24.